The highest BCUT2D eigenvalue weighted by Gasteiger charge is 2.40. The monoisotopic (exact) mass is 288 g/mol. The first-order valence-electron chi connectivity index (χ1n) is 8.23. The van der Waals surface area contributed by atoms with E-state index in [2.05, 4.69) is 44.2 Å². The van der Waals surface area contributed by atoms with Crippen molar-refractivity contribution in [1.82, 2.24) is 0 Å². The van der Waals surface area contributed by atoms with Crippen LogP contribution in [-0.4, -0.2) is 18.8 Å². The number of unbranched alkanes of at least 4 members (excludes halogenated alkanes) is 4. The molecule has 116 valence electrons. The lowest BCUT2D eigenvalue weighted by atomic mass is 10.1. The van der Waals surface area contributed by atoms with Gasteiger partial charge in [-0.25, -0.2) is 0 Å². The van der Waals surface area contributed by atoms with Crippen LogP contribution in [0.15, 0.2) is 36.4 Å². The summed E-state index contributed by atoms with van der Waals surface area (Å²) in [5.74, 6) is 0.991. The van der Waals surface area contributed by atoms with Gasteiger partial charge in [-0.2, -0.15) is 0 Å². The van der Waals surface area contributed by atoms with Crippen molar-refractivity contribution in [3.05, 3.63) is 42.0 Å². The van der Waals surface area contributed by atoms with Gasteiger partial charge in [0.1, 0.15) is 18.0 Å². The quantitative estimate of drug-likeness (QED) is 0.346. The van der Waals surface area contributed by atoms with Crippen LogP contribution >= 0.6 is 0 Å². The highest BCUT2D eigenvalue weighted by Crippen LogP contribution is 2.28. The second-order valence-electron chi connectivity index (χ2n) is 6.16. The van der Waals surface area contributed by atoms with Crippen LogP contribution in [0.4, 0.5) is 0 Å². The van der Waals surface area contributed by atoms with E-state index in [4.69, 9.17) is 9.47 Å². The molecule has 2 nitrogen and oxygen atoms in total. The van der Waals surface area contributed by atoms with Gasteiger partial charge in [0.05, 0.1) is 6.61 Å². The van der Waals surface area contributed by atoms with E-state index >= 15 is 0 Å². The normalized spacial score (nSPS) is 20.9. The maximum absolute atomic E-state index is 5.92. The van der Waals surface area contributed by atoms with Gasteiger partial charge in [0.25, 0.3) is 0 Å². The Morgan fingerprint density at radius 2 is 2.00 bits per heavy atom. The Hall–Kier alpha value is -1.28. The van der Waals surface area contributed by atoms with E-state index in [0.717, 1.165) is 18.8 Å². The van der Waals surface area contributed by atoms with Crippen molar-refractivity contribution in [1.29, 1.82) is 0 Å². The number of ether oxygens (including phenoxy) is 2. The summed E-state index contributed by atoms with van der Waals surface area (Å²) in [5, 5.41) is 0. The summed E-state index contributed by atoms with van der Waals surface area (Å²) in [6.45, 7) is 5.79. The number of allylic oxidation sites excluding steroid dienone is 2. The molecule has 1 unspecified atom stereocenters. The van der Waals surface area contributed by atoms with Gasteiger partial charge in [-0.1, -0.05) is 56.5 Å². The van der Waals surface area contributed by atoms with Crippen molar-refractivity contribution < 1.29 is 9.47 Å². The molecule has 1 heterocycles. The number of para-hydroxylation sites is 1. The summed E-state index contributed by atoms with van der Waals surface area (Å²) >= 11 is 0. The molecule has 1 aliphatic rings. The molecule has 1 saturated heterocycles. The zero-order valence-electron chi connectivity index (χ0n) is 13.4. The summed E-state index contributed by atoms with van der Waals surface area (Å²) in [7, 11) is 0. The van der Waals surface area contributed by atoms with Gasteiger partial charge >= 0.3 is 0 Å². The highest BCUT2D eigenvalue weighted by atomic mass is 16.6. The van der Waals surface area contributed by atoms with Gasteiger partial charge in [-0.3, -0.25) is 0 Å². The Kier molecular flexibility index (Phi) is 6.31. The number of hydrogen-bond donors (Lipinski definition) is 0. The third-order valence-corrected chi connectivity index (χ3v) is 3.87. The third-order valence-electron chi connectivity index (χ3n) is 3.87. The lowest BCUT2D eigenvalue weighted by Crippen LogP contribution is -2.17. The summed E-state index contributed by atoms with van der Waals surface area (Å²) in [4.78, 5) is 0. The van der Waals surface area contributed by atoms with E-state index in [1.54, 1.807) is 0 Å². The molecule has 0 aliphatic carbocycles. The Labute approximate surface area is 129 Å². The molecule has 1 aromatic rings. The molecule has 1 aromatic carbocycles. The fourth-order valence-electron chi connectivity index (χ4n) is 2.27. The number of epoxide rings is 1. The van der Waals surface area contributed by atoms with Crippen molar-refractivity contribution in [3.63, 3.8) is 0 Å². The molecule has 1 aliphatic heterocycles. The third kappa shape index (κ3) is 5.92. The maximum Gasteiger partial charge on any atom is 0.123 e. The van der Waals surface area contributed by atoms with Gasteiger partial charge < -0.3 is 9.47 Å². The predicted octanol–water partition coefficient (Wildman–Crippen LogP) is 4.92. The minimum absolute atomic E-state index is 0.0533. The summed E-state index contributed by atoms with van der Waals surface area (Å²) in [5.41, 5.74) is 1.20. The lowest BCUT2D eigenvalue weighted by Gasteiger charge is -2.12. The van der Waals surface area contributed by atoms with Crippen molar-refractivity contribution >= 4 is 0 Å². The Balaban J connectivity index is 1.75. The second kappa shape index (κ2) is 8.23. The molecule has 21 heavy (non-hydrogen) atoms. The summed E-state index contributed by atoms with van der Waals surface area (Å²) in [6.07, 6.45) is 12.0. The van der Waals surface area contributed by atoms with E-state index in [9.17, 15) is 0 Å². The fourth-order valence-corrected chi connectivity index (χ4v) is 2.27. The standard InChI is InChI=1S/C19H28O2/c1-3-4-5-6-7-8-9-12-17-13-10-11-14-18(17)20-15-19(2)16-21-19/h8-11,13-14H,3-7,12,15-16H2,1-2H3/b9-8+. The predicted molar refractivity (Wildman–Crippen MR) is 87.9 cm³/mol. The van der Waals surface area contributed by atoms with Crippen LogP contribution in [0.2, 0.25) is 0 Å². The van der Waals surface area contributed by atoms with E-state index in [1.165, 1.54) is 37.7 Å². The topological polar surface area (TPSA) is 21.8 Å². The first-order chi connectivity index (χ1) is 10.2. The first-order valence-corrected chi connectivity index (χ1v) is 8.23. The maximum atomic E-state index is 5.92. The van der Waals surface area contributed by atoms with Crippen LogP contribution in [-0.2, 0) is 11.2 Å². The van der Waals surface area contributed by atoms with Crippen molar-refractivity contribution in [2.45, 2.75) is 58.0 Å². The Morgan fingerprint density at radius 1 is 1.19 bits per heavy atom. The molecule has 0 N–H and O–H groups in total. The Bertz CT molecular complexity index is 447. The molecule has 0 radical (unpaired) electrons. The van der Waals surface area contributed by atoms with Crippen LogP contribution in [0.3, 0.4) is 0 Å². The van der Waals surface area contributed by atoms with Crippen LogP contribution in [0.5, 0.6) is 5.75 Å². The van der Waals surface area contributed by atoms with Crippen molar-refractivity contribution in [2.24, 2.45) is 0 Å². The van der Waals surface area contributed by atoms with Gasteiger partial charge in [0.15, 0.2) is 0 Å². The molecule has 0 saturated carbocycles. The molecular formula is C19H28O2. The van der Waals surface area contributed by atoms with Crippen molar-refractivity contribution in [3.8, 4) is 5.75 Å². The highest BCUT2D eigenvalue weighted by molar-refractivity contribution is 5.35. The first kappa shape index (κ1) is 16.1. The minimum Gasteiger partial charge on any atom is -0.490 e. The van der Waals surface area contributed by atoms with Crippen molar-refractivity contribution in [2.75, 3.05) is 13.2 Å². The number of benzene rings is 1. The smallest absolute Gasteiger partial charge is 0.123 e. The van der Waals surface area contributed by atoms with Crippen LogP contribution in [0.1, 0.15) is 51.5 Å². The zero-order valence-corrected chi connectivity index (χ0v) is 13.4. The molecule has 0 spiro atoms. The van der Waals surface area contributed by atoms with Crippen LogP contribution < -0.4 is 4.74 Å². The molecule has 1 fully saturated rings. The van der Waals surface area contributed by atoms with Crippen LogP contribution in [0.25, 0.3) is 0 Å². The molecule has 2 heteroatoms. The zero-order chi connectivity index (χ0) is 15.0. The van der Waals surface area contributed by atoms with Gasteiger partial charge in [-0.15, -0.1) is 0 Å². The number of hydrogen-bond acceptors (Lipinski definition) is 2. The second-order valence-corrected chi connectivity index (χ2v) is 6.16. The van der Waals surface area contributed by atoms with E-state index < -0.39 is 0 Å². The summed E-state index contributed by atoms with van der Waals surface area (Å²) < 4.78 is 11.3. The van der Waals surface area contributed by atoms with E-state index in [0.29, 0.717) is 6.61 Å². The molecular weight excluding hydrogens is 260 g/mol. The van der Waals surface area contributed by atoms with Crippen LogP contribution in [0, 0.1) is 0 Å². The molecule has 0 amide bonds. The van der Waals surface area contributed by atoms with Gasteiger partial charge in [-0.05, 0) is 37.8 Å². The van der Waals surface area contributed by atoms with Gasteiger partial charge in [0.2, 0.25) is 0 Å². The SMILES string of the molecule is CCCCCC/C=C/Cc1ccccc1OCC1(C)CO1. The molecule has 2 rings (SSSR count). The van der Waals surface area contributed by atoms with E-state index in [1.807, 2.05) is 6.07 Å². The lowest BCUT2D eigenvalue weighted by molar-refractivity contribution is 0.201. The fraction of sp³-hybridized carbons (Fsp3) is 0.579. The summed E-state index contributed by atoms with van der Waals surface area (Å²) in [6, 6.07) is 8.30. The average molecular weight is 288 g/mol. The number of rotatable bonds is 10. The Morgan fingerprint density at radius 3 is 2.76 bits per heavy atom. The molecule has 0 aromatic heterocycles. The molecule has 0 bridgehead atoms. The van der Waals surface area contributed by atoms with Gasteiger partial charge in [0, 0.05) is 0 Å². The van der Waals surface area contributed by atoms with E-state index in [-0.39, 0.29) is 5.60 Å². The average Bonchev–Trinajstić information content (AvgIpc) is 3.23. The molecule has 1 atom stereocenters. The largest absolute Gasteiger partial charge is 0.490 e. The minimum atomic E-state index is -0.0533.